The maximum Gasteiger partial charge on any atom is 0.417 e. The summed E-state index contributed by atoms with van der Waals surface area (Å²) in [6, 6.07) is 7.49. The predicted octanol–water partition coefficient (Wildman–Crippen LogP) is 2.80. The summed E-state index contributed by atoms with van der Waals surface area (Å²) in [5.41, 5.74) is 4.78. The maximum atomic E-state index is 13.4. The van der Waals surface area contributed by atoms with Crippen molar-refractivity contribution in [2.75, 3.05) is 17.2 Å². The number of hydrogen-bond donors (Lipinski definition) is 1. The van der Waals surface area contributed by atoms with Gasteiger partial charge in [0.15, 0.2) is 17.6 Å². The molecule has 0 bridgehead atoms. The van der Waals surface area contributed by atoms with Crippen LogP contribution in [0, 0.1) is 6.92 Å². The molecular weight excluding hydrogens is 403 g/mol. The van der Waals surface area contributed by atoms with E-state index in [0.29, 0.717) is 16.1 Å². The molecule has 1 atom stereocenters. The summed E-state index contributed by atoms with van der Waals surface area (Å²) in [6.45, 7) is 2.43. The van der Waals surface area contributed by atoms with E-state index in [9.17, 15) is 22.8 Å². The second-order valence-electron chi connectivity index (χ2n) is 6.85. The van der Waals surface area contributed by atoms with Gasteiger partial charge in [-0.3, -0.25) is 14.5 Å². The van der Waals surface area contributed by atoms with Crippen LogP contribution in [0.25, 0.3) is 11.0 Å². The zero-order valence-electron chi connectivity index (χ0n) is 15.9. The van der Waals surface area contributed by atoms with Crippen LogP contribution in [0.3, 0.4) is 0 Å². The number of alkyl halides is 3. The van der Waals surface area contributed by atoms with Gasteiger partial charge in [0.2, 0.25) is 0 Å². The molecule has 0 aliphatic carbocycles. The van der Waals surface area contributed by atoms with Crippen molar-refractivity contribution in [3.8, 4) is 5.75 Å². The Kier molecular flexibility index (Phi) is 4.40. The number of pyridine rings is 1. The van der Waals surface area contributed by atoms with E-state index in [4.69, 9.17) is 10.5 Å². The van der Waals surface area contributed by atoms with Crippen LogP contribution in [0.1, 0.15) is 23.0 Å². The highest BCUT2D eigenvalue weighted by molar-refractivity contribution is 6.05. The van der Waals surface area contributed by atoms with Gasteiger partial charge < -0.3 is 10.5 Å². The molecule has 11 heteroatoms. The van der Waals surface area contributed by atoms with Crippen LogP contribution in [-0.2, 0) is 11.0 Å². The Bertz CT molecular complexity index is 1190. The van der Waals surface area contributed by atoms with Crippen molar-refractivity contribution in [3.63, 3.8) is 0 Å². The number of anilines is 2. The minimum absolute atomic E-state index is 0.0465. The Morgan fingerprint density at radius 2 is 2.00 bits per heavy atom. The lowest BCUT2D eigenvalue weighted by Gasteiger charge is -2.32. The van der Waals surface area contributed by atoms with Crippen LogP contribution in [0.2, 0.25) is 0 Å². The van der Waals surface area contributed by atoms with Crippen LogP contribution in [0.5, 0.6) is 5.75 Å². The molecule has 3 heterocycles. The highest BCUT2D eigenvalue weighted by Crippen LogP contribution is 2.37. The van der Waals surface area contributed by atoms with Crippen molar-refractivity contribution in [2.24, 2.45) is 0 Å². The zero-order valence-corrected chi connectivity index (χ0v) is 15.9. The van der Waals surface area contributed by atoms with Gasteiger partial charge in [0, 0.05) is 5.69 Å². The molecule has 0 saturated heterocycles. The number of halogens is 3. The second-order valence-corrected chi connectivity index (χ2v) is 6.85. The first-order valence-corrected chi connectivity index (χ1v) is 8.91. The molecule has 2 N–H and O–H groups in total. The topological polar surface area (TPSA) is 103 Å². The van der Waals surface area contributed by atoms with Crippen molar-refractivity contribution in [1.82, 2.24) is 14.8 Å². The van der Waals surface area contributed by atoms with Gasteiger partial charge in [0.05, 0.1) is 16.6 Å². The summed E-state index contributed by atoms with van der Waals surface area (Å²) in [6.07, 6.45) is -5.53. The summed E-state index contributed by atoms with van der Waals surface area (Å²) in [5.74, 6) is -1.29. The highest BCUT2D eigenvalue weighted by Gasteiger charge is 2.37. The summed E-state index contributed by atoms with van der Waals surface area (Å²) >= 11 is 0. The lowest BCUT2D eigenvalue weighted by molar-refractivity contribution is -0.136. The molecule has 1 aromatic carbocycles. The quantitative estimate of drug-likeness (QED) is 0.685. The van der Waals surface area contributed by atoms with Crippen LogP contribution in [0.4, 0.5) is 24.7 Å². The van der Waals surface area contributed by atoms with Gasteiger partial charge in [0.1, 0.15) is 12.3 Å². The third kappa shape index (κ3) is 3.11. The molecule has 0 radical (unpaired) electrons. The van der Waals surface area contributed by atoms with E-state index >= 15 is 0 Å². The van der Waals surface area contributed by atoms with E-state index in [0.717, 1.165) is 6.07 Å². The lowest BCUT2D eigenvalue weighted by atomic mass is 10.1. The second kappa shape index (κ2) is 6.71. The first-order valence-electron chi connectivity index (χ1n) is 8.91. The van der Waals surface area contributed by atoms with E-state index in [1.165, 1.54) is 18.7 Å². The van der Waals surface area contributed by atoms with Crippen molar-refractivity contribution in [2.45, 2.75) is 26.1 Å². The number of carbonyl (C=O) groups is 2. The number of amides is 1. The van der Waals surface area contributed by atoms with E-state index < -0.39 is 47.4 Å². The summed E-state index contributed by atoms with van der Waals surface area (Å²) in [5, 5.41) is 3.33. The number of ether oxygens (including phenoxy) is 1. The Balaban J connectivity index is 1.78. The van der Waals surface area contributed by atoms with Gasteiger partial charge >= 0.3 is 6.18 Å². The average Bonchev–Trinajstić information content (AvgIpc) is 3.00. The minimum atomic E-state index is -4.70. The van der Waals surface area contributed by atoms with Crippen molar-refractivity contribution in [3.05, 3.63) is 41.6 Å². The number of nitrogens with two attached hydrogens (primary N) is 1. The Labute approximate surface area is 168 Å². The Hall–Kier alpha value is -3.63. The fourth-order valence-corrected chi connectivity index (χ4v) is 3.39. The molecule has 1 amide bonds. The van der Waals surface area contributed by atoms with Gasteiger partial charge in [-0.05, 0) is 32.0 Å². The molecule has 0 spiro atoms. The molecule has 1 unspecified atom stereocenters. The molecule has 1 aliphatic heterocycles. The van der Waals surface area contributed by atoms with Crippen molar-refractivity contribution in [1.29, 1.82) is 0 Å². The smallest absolute Gasteiger partial charge is 0.417 e. The summed E-state index contributed by atoms with van der Waals surface area (Å²) in [4.78, 5) is 30.8. The number of aryl methyl sites for hydroxylation is 1. The van der Waals surface area contributed by atoms with Crippen molar-refractivity contribution >= 4 is 34.4 Å². The number of carbonyl (C=O) groups excluding carboxylic acids is 2. The molecule has 0 saturated carbocycles. The third-order valence-electron chi connectivity index (χ3n) is 4.70. The fourth-order valence-electron chi connectivity index (χ4n) is 3.39. The minimum Gasteiger partial charge on any atom is -0.479 e. The number of nitrogens with zero attached hydrogens (tertiary/aromatic N) is 4. The van der Waals surface area contributed by atoms with Crippen molar-refractivity contribution < 1.29 is 27.5 Å². The summed E-state index contributed by atoms with van der Waals surface area (Å²) in [7, 11) is 0. The highest BCUT2D eigenvalue weighted by atomic mass is 19.4. The van der Waals surface area contributed by atoms with Gasteiger partial charge in [0.25, 0.3) is 11.8 Å². The number of para-hydroxylation sites is 2. The van der Waals surface area contributed by atoms with Gasteiger partial charge in [-0.1, -0.05) is 12.1 Å². The molecule has 3 aromatic rings. The third-order valence-corrected chi connectivity index (χ3v) is 4.70. The first-order chi connectivity index (χ1) is 14.1. The molecule has 30 heavy (non-hydrogen) atoms. The molecular formula is C19H16F3N5O3. The predicted molar refractivity (Wildman–Crippen MR) is 101 cm³/mol. The number of hydrogen-bond acceptors (Lipinski definition) is 6. The summed E-state index contributed by atoms with van der Waals surface area (Å²) < 4.78 is 46.6. The SMILES string of the molecule is Cc1cc(C(F)(F)F)c2c(N)nn(C(=O)CN3C(=O)C(C)Oc4ccccc43)c2n1. The van der Waals surface area contributed by atoms with Gasteiger partial charge in [-0.15, -0.1) is 5.10 Å². The Morgan fingerprint density at radius 1 is 1.30 bits per heavy atom. The molecule has 156 valence electrons. The van der Waals surface area contributed by atoms with Crippen LogP contribution in [-0.4, -0.2) is 39.2 Å². The molecule has 1 aliphatic rings. The zero-order chi connectivity index (χ0) is 21.8. The first kappa shape index (κ1) is 19.7. The lowest BCUT2D eigenvalue weighted by Crippen LogP contribution is -2.47. The molecule has 8 nitrogen and oxygen atoms in total. The largest absolute Gasteiger partial charge is 0.479 e. The number of fused-ring (bicyclic) bond motifs is 2. The van der Waals surface area contributed by atoms with Gasteiger partial charge in [-0.2, -0.15) is 17.9 Å². The van der Waals surface area contributed by atoms with E-state index in [2.05, 4.69) is 10.1 Å². The number of benzene rings is 1. The number of aromatic nitrogens is 3. The van der Waals surface area contributed by atoms with Crippen LogP contribution in [0.15, 0.2) is 30.3 Å². The van der Waals surface area contributed by atoms with Crippen LogP contribution < -0.4 is 15.4 Å². The monoisotopic (exact) mass is 419 g/mol. The molecule has 4 rings (SSSR count). The molecule has 0 fully saturated rings. The standard InChI is InChI=1S/C19H16F3N5O3/c1-9-7-11(19(20,21)22)15-16(23)25-27(17(15)24-9)14(28)8-26-12-5-3-4-6-13(12)30-10(2)18(26)29/h3-7,10H,8H2,1-2H3,(H2,23,25). The number of rotatable bonds is 2. The van der Waals surface area contributed by atoms with E-state index in [-0.39, 0.29) is 11.3 Å². The van der Waals surface area contributed by atoms with E-state index in [1.54, 1.807) is 24.3 Å². The molecule has 2 aromatic heterocycles. The average molecular weight is 419 g/mol. The normalized spacial score (nSPS) is 16.5. The Morgan fingerprint density at radius 3 is 2.70 bits per heavy atom. The fraction of sp³-hybridized carbons (Fsp3) is 0.263. The van der Waals surface area contributed by atoms with E-state index in [1.807, 2.05) is 0 Å². The maximum absolute atomic E-state index is 13.4. The van der Waals surface area contributed by atoms with Crippen LogP contribution >= 0.6 is 0 Å². The van der Waals surface area contributed by atoms with Gasteiger partial charge in [-0.25, -0.2) is 4.98 Å². The number of nitrogen functional groups attached to an aromatic ring is 1.